The zero-order valence-electron chi connectivity index (χ0n) is 14.0. The first-order valence-corrected chi connectivity index (χ1v) is 8.75. The maximum atomic E-state index is 6.18. The van der Waals surface area contributed by atoms with Crippen molar-refractivity contribution in [2.45, 2.75) is 37.8 Å². The standard InChI is InChI=1S/C17H24N4O3/c1-18-17-19-14-6-9-23-15(14)16(20-17)24-13-4-2-12(3-5-13)21-7-10-22-11-8-21/h6,9,12-13H,2-5,7-8,10-11H2,1H3,(H,18,19,20). The summed E-state index contributed by atoms with van der Waals surface area (Å²) in [7, 11) is 1.80. The molecule has 0 atom stereocenters. The normalized spacial score (nSPS) is 25.7. The van der Waals surface area contributed by atoms with Gasteiger partial charge in [0.05, 0.1) is 19.5 Å². The summed E-state index contributed by atoms with van der Waals surface area (Å²) in [5.41, 5.74) is 1.40. The lowest BCUT2D eigenvalue weighted by atomic mass is 9.91. The van der Waals surface area contributed by atoms with Crippen molar-refractivity contribution in [2.24, 2.45) is 0 Å². The largest absolute Gasteiger partial charge is 0.472 e. The van der Waals surface area contributed by atoms with E-state index in [9.17, 15) is 0 Å². The Morgan fingerprint density at radius 2 is 1.96 bits per heavy atom. The molecule has 2 aromatic rings. The zero-order valence-corrected chi connectivity index (χ0v) is 14.0. The first-order valence-electron chi connectivity index (χ1n) is 8.75. The molecule has 2 aliphatic rings. The molecule has 0 spiro atoms. The molecule has 3 heterocycles. The number of rotatable bonds is 4. The van der Waals surface area contributed by atoms with Gasteiger partial charge in [0.15, 0.2) is 0 Å². The lowest BCUT2D eigenvalue weighted by Gasteiger charge is -2.38. The molecule has 0 unspecified atom stereocenters. The molecule has 7 heteroatoms. The van der Waals surface area contributed by atoms with Crippen molar-refractivity contribution in [3.05, 3.63) is 12.3 Å². The highest BCUT2D eigenvalue weighted by Gasteiger charge is 2.28. The zero-order chi connectivity index (χ0) is 16.4. The molecule has 7 nitrogen and oxygen atoms in total. The third-order valence-corrected chi connectivity index (χ3v) is 4.98. The molecule has 1 N–H and O–H groups in total. The van der Waals surface area contributed by atoms with Gasteiger partial charge in [-0.25, -0.2) is 4.98 Å². The number of nitrogens with zero attached hydrogens (tertiary/aromatic N) is 3. The summed E-state index contributed by atoms with van der Waals surface area (Å²) < 4.78 is 17.1. The third kappa shape index (κ3) is 3.18. The molecular weight excluding hydrogens is 308 g/mol. The van der Waals surface area contributed by atoms with Crippen LogP contribution in [-0.4, -0.2) is 60.4 Å². The summed E-state index contributed by atoms with van der Waals surface area (Å²) >= 11 is 0. The smallest absolute Gasteiger partial charge is 0.263 e. The Balaban J connectivity index is 1.41. The van der Waals surface area contributed by atoms with E-state index in [1.165, 1.54) is 0 Å². The summed E-state index contributed by atoms with van der Waals surface area (Å²) in [6.07, 6.45) is 6.23. The molecule has 1 saturated heterocycles. The van der Waals surface area contributed by atoms with Crippen molar-refractivity contribution in [1.29, 1.82) is 0 Å². The van der Waals surface area contributed by atoms with Crippen LogP contribution in [-0.2, 0) is 4.74 Å². The highest BCUT2D eigenvalue weighted by atomic mass is 16.5. The first-order chi connectivity index (χ1) is 11.8. The van der Waals surface area contributed by atoms with Crippen LogP contribution in [0.3, 0.4) is 0 Å². The Bertz CT molecular complexity index is 676. The Morgan fingerprint density at radius 1 is 1.17 bits per heavy atom. The topological polar surface area (TPSA) is 72.7 Å². The summed E-state index contributed by atoms with van der Waals surface area (Å²) in [6, 6.07) is 2.50. The van der Waals surface area contributed by atoms with Gasteiger partial charge in [0.1, 0.15) is 11.6 Å². The van der Waals surface area contributed by atoms with Crippen molar-refractivity contribution in [3.8, 4) is 5.88 Å². The predicted molar refractivity (Wildman–Crippen MR) is 90.4 cm³/mol. The molecule has 130 valence electrons. The van der Waals surface area contributed by atoms with Crippen LogP contribution < -0.4 is 10.1 Å². The van der Waals surface area contributed by atoms with Gasteiger partial charge in [-0.3, -0.25) is 4.90 Å². The minimum atomic E-state index is 0.190. The van der Waals surface area contributed by atoms with Crippen LogP contribution >= 0.6 is 0 Å². The Labute approximate surface area is 141 Å². The first kappa shape index (κ1) is 15.7. The molecule has 0 aromatic carbocycles. The number of fused-ring (bicyclic) bond motifs is 1. The number of furan rings is 1. The van der Waals surface area contributed by atoms with Gasteiger partial charge in [0.25, 0.3) is 5.88 Å². The molecule has 2 fully saturated rings. The Morgan fingerprint density at radius 3 is 2.71 bits per heavy atom. The van der Waals surface area contributed by atoms with Gasteiger partial charge in [-0.15, -0.1) is 0 Å². The van der Waals surface area contributed by atoms with Gasteiger partial charge in [-0.2, -0.15) is 4.98 Å². The van der Waals surface area contributed by atoms with Crippen LogP contribution in [0.4, 0.5) is 5.95 Å². The SMILES string of the molecule is CNc1nc(OC2CCC(N3CCOCC3)CC2)c2occc2n1. The van der Waals surface area contributed by atoms with E-state index >= 15 is 0 Å². The van der Waals surface area contributed by atoms with Gasteiger partial charge in [0.2, 0.25) is 11.5 Å². The molecule has 2 aromatic heterocycles. The fraction of sp³-hybridized carbons (Fsp3) is 0.647. The van der Waals surface area contributed by atoms with Gasteiger partial charge < -0.3 is 19.2 Å². The van der Waals surface area contributed by atoms with E-state index in [2.05, 4.69) is 20.2 Å². The summed E-state index contributed by atoms with van der Waals surface area (Å²) in [4.78, 5) is 11.4. The van der Waals surface area contributed by atoms with Crippen molar-refractivity contribution in [3.63, 3.8) is 0 Å². The lowest BCUT2D eigenvalue weighted by molar-refractivity contribution is -0.00133. The molecule has 1 aliphatic heterocycles. The Kier molecular flexibility index (Phi) is 4.53. The van der Waals surface area contributed by atoms with Crippen LogP contribution in [0.5, 0.6) is 5.88 Å². The van der Waals surface area contributed by atoms with Gasteiger partial charge in [-0.05, 0) is 25.7 Å². The Hall–Kier alpha value is -1.86. The van der Waals surface area contributed by atoms with Gasteiger partial charge >= 0.3 is 0 Å². The van der Waals surface area contributed by atoms with E-state index in [4.69, 9.17) is 13.9 Å². The number of nitrogens with one attached hydrogen (secondary N) is 1. The monoisotopic (exact) mass is 332 g/mol. The second-order valence-corrected chi connectivity index (χ2v) is 6.43. The fourth-order valence-corrected chi connectivity index (χ4v) is 3.66. The van der Waals surface area contributed by atoms with Crippen LogP contribution in [0.15, 0.2) is 16.7 Å². The van der Waals surface area contributed by atoms with Crippen molar-refractivity contribution in [2.75, 3.05) is 38.7 Å². The molecule has 4 rings (SSSR count). The van der Waals surface area contributed by atoms with Crippen LogP contribution in [0, 0.1) is 0 Å². The van der Waals surface area contributed by atoms with E-state index in [1.807, 2.05) is 6.07 Å². The second-order valence-electron chi connectivity index (χ2n) is 6.43. The number of hydrogen-bond acceptors (Lipinski definition) is 7. The van der Waals surface area contributed by atoms with Crippen LogP contribution in [0.1, 0.15) is 25.7 Å². The van der Waals surface area contributed by atoms with E-state index in [0.717, 1.165) is 57.5 Å². The fourth-order valence-electron chi connectivity index (χ4n) is 3.66. The molecule has 0 radical (unpaired) electrons. The van der Waals surface area contributed by atoms with Crippen LogP contribution in [0.2, 0.25) is 0 Å². The van der Waals surface area contributed by atoms with Gasteiger partial charge in [0, 0.05) is 32.2 Å². The van der Waals surface area contributed by atoms with Crippen molar-refractivity contribution < 1.29 is 13.9 Å². The average Bonchev–Trinajstić information content (AvgIpc) is 3.12. The quantitative estimate of drug-likeness (QED) is 0.921. The number of anilines is 1. The van der Waals surface area contributed by atoms with E-state index in [-0.39, 0.29) is 6.10 Å². The minimum absolute atomic E-state index is 0.190. The number of hydrogen-bond donors (Lipinski definition) is 1. The molecular formula is C17H24N4O3. The number of ether oxygens (including phenoxy) is 2. The summed E-state index contributed by atoms with van der Waals surface area (Å²) in [5.74, 6) is 1.10. The highest BCUT2D eigenvalue weighted by Crippen LogP contribution is 2.30. The number of morpholine rings is 1. The maximum Gasteiger partial charge on any atom is 0.263 e. The van der Waals surface area contributed by atoms with Crippen molar-refractivity contribution in [1.82, 2.24) is 14.9 Å². The molecule has 0 bridgehead atoms. The van der Waals surface area contributed by atoms with E-state index < -0.39 is 0 Å². The second kappa shape index (κ2) is 6.94. The highest BCUT2D eigenvalue weighted by molar-refractivity contribution is 5.78. The van der Waals surface area contributed by atoms with Gasteiger partial charge in [-0.1, -0.05) is 0 Å². The maximum absolute atomic E-state index is 6.18. The van der Waals surface area contributed by atoms with E-state index in [0.29, 0.717) is 23.5 Å². The summed E-state index contributed by atoms with van der Waals surface area (Å²) in [5, 5.41) is 2.97. The lowest BCUT2D eigenvalue weighted by Crippen LogP contribution is -2.46. The molecule has 1 aliphatic carbocycles. The van der Waals surface area contributed by atoms with E-state index in [1.54, 1.807) is 13.3 Å². The molecule has 0 amide bonds. The number of aromatic nitrogens is 2. The molecule has 1 saturated carbocycles. The predicted octanol–water partition coefficient (Wildman–Crippen LogP) is 2.29. The average molecular weight is 332 g/mol. The third-order valence-electron chi connectivity index (χ3n) is 4.98. The molecule has 24 heavy (non-hydrogen) atoms. The van der Waals surface area contributed by atoms with Crippen molar-refractivity contribution >= 4 is 17.0 Å². The summed E-state index contributed by atoms with van der Waals surface area (Å²) in [6.45, 7) is 3.84. The minimum Gasteiger partial charge on any atom is -0.472 e. The van der Waals surface area contributed by atoms with Crippen LogP contribution in [0.25, 0.3) is 11.1 Å².